The average Bonchev–Trinajstić information content (AvgIpc) is 2.59. The maximum atomic E-state index is 13.4. The van der Waals surface area contributed by atoms with Crippen LogP contribution in [0.3, 0.4) is 0 Å². The molecule has 0 spiro atoms. The molecule has 0 aliphatic rings. The molecule has 3 amide bonds. The second-order valence-corrected chi connectivity index (χ2v) is 4.89. The van der Waals surface area contributed by atoms with Crippen LogP contribution in [0.15, 0.2) is 48.5 Å². The summed E-state index contributed by atoms with van der Waals surface area (Å²) in [4.78, 5) is 34.7. The summed E-state index contributed by atoms with van der Waals surface area (Å²) in [7, 11) is 0. The average molecular weight is 348 g/mol. The number of halogens is 2. The Labute approximate surface area is 141 Å². The van der Waals surface area contributed by atoms with Gasteiger partial charge < -0.3 is 10.1 Å². The second-order valence-electron chi connectivity index (χ2n) is 4.89. The summed E-state index contributed by atoms with van der Waals surface area (Å²) in [5.74, 6) is -4.48. The number of carbonyl (C=O) groups is 3. The Kier molecular flexibility index (Phi) is 6.16. The topological polar surface area (TPSA) is 84.5 Å². The Morgan fingerprint density at radius 1 is 0.920 bits per heavy atom. The molecular formula is C17H14F2N2O4. The molecule has 130 valence electrons. The summed E-state index contributed by atoms with van der Waals surface area (Å²) >= 11 is 0. The molecule has 0 aromatic heterocycles. The lowest BCUT2D eigenvalue weighted by molar-refractivity contribution is -0.123. The minimum atomic E-state index is -1.34. The Morgan fingerprint density at radius 3 is 2.20 bits per heavy atom. The van der Waals surface area contributed by atoms with Crippen LogP contribution in [0.5, 0.6) is 0 Å². The number of esters is 1. The van der Waals surface area contributed by atoms with Crippen LogP contribution in [0.2, 0.25) is 0 Å². The normalized spacial score (nSPS) is 10.0. The lowest BCUT2D eigenvalue weighted by Crippen LogP contribution is -2.41. The highest BCUT2D eigenvalue weighted by atomic mass is 19.1. The summed E-state index contributed by atoms with van der Waals surface area (Å²) in [5, 5.41) is 4.37. The zero-order valence-corrected chi connectivity index (χ0v) is 12.9. The van der Waals surface area contributed by atoms with E-state index in [0.29, 0.717) is 0 Å². The summed E-state index contributed by atoms with van der Waals surface area (Å²) in [6.07, 6.45) is 0. The van der Waals surface area contributed by atoms with E-state index in [-0.39, 0.29) is 6.54 Å². The number of urea groups is 1. The van der Waals surface area contributed by atoms with Gasteiger partial charge in [-0.15, -0.1) is 0 Å². The number of ether oxygens (including phenoxy) is 1. The highest BCUT2D eigenvalue weighted by molar-refractivity contribution is 5.97. The van der Waals surface area contributed by atoms with Gasteiger partial charge in [-0.2, -0.15) is 0 Å². The molecule has 0 heterocycles. The zero-order valence-electron chi connectivity index (χ0n) is 12.9. The number of benzene rings is 2. The van der Waals surface area contributed by atoms with Crippen molar-refractivity contribution in [2.24, 2.45) is 0 Å². The van der Waals surface area contributed by atoms with Gasteiger partial charge in [-0.05, 0) is 17.7 Å². The molecule has 0 saturated carbocycles. The van der Waals surface area contributed by atoms with Crippen LogP contribution >= 0.6 is 0 Å². The lowest BCUT2D eigenvalue weighted by Gasteiger charge is -2.08. The van der Waals surface area contributed by atoms with Crippen LogP contribution in [0.1, 0.15) is 15.9 Å². The monoisotopic (exact) mass is 348 g/mol. The van der Waals surface area contributed by atoms with Crippen molar-refractivity contribution in [3.8, 4) is 0 Å². The van der Waals surface area contributed by atoms with Crippen molar-refractivity contribution in [1.82, 2.24) is 10.6 Å². The first-order valence-corrected chi connectivity index (χ1v) is 7.20. The largest absolute Gasteiger partial charge is 0.452 e. The van der Waals surface area contributed by atoms with E-state index in [1.165, 1.54) is 0 Å². The van der Waals surface area contributed by atoms with Gasteiger partial charge in [-0.3, -0.25) is 10.1 Å². The third kappa shape index (κ3) is 5.38. The number of nitrogens with one attached hydrogen (secondary N) is 2. The van der Waals surface area contributed by atoms with Gasteiger partial charge in [0.1, 0.15) is 17.2 Å². The fraction of sp³-hybridized carbons (Fsp3) is 0.118. The van der Waals surface area contributed by atoms with Gasteiger partial charge in [-0.1, -0.05) is 36.4 Å². The standard InChI is InChI=1S/C17H14F2N2O4/c18-12-7-4-8-13(19)15(12)16(23)25-10-14(22)21-17(24)20-9-11-5-2-1-3-6-11/h1-8H,9-10H2,(H2,20,21,22,24). The fourth-order valence-electron chi connectivity index (χ4n) is 1.88. The molecule has 2 aromatic rings. The number of carbonyl (C=O) groups excluding carboxylic acids is 3. The van der Waals surface area contributed by atoms with Gasteiger partial charge in [0.05, 0.1) is 0 Å². The van der Waals surface area contributed by atoms with E-state index in [0.717, 1.165) is 23.8 Å². The molecule has 0 aliphatic heterocycles. The Balaban J connectivity index is 1.78. The van der Waals surface area contributed by atoms with Crippen LogP contribution in [0.4, 0.5) is 13.6 Å². The predicted octanol–water partition coefficient (Wildman–Crippen LogP) is 2.15. The molecule has 0 bridgehead atoms. The van der Waals surface area contributed by atoms with E-state index < -0.39 is 41.7 Å². The first kappa shape index (κ1) is 18.1. The van der Waals surface area contributed by atoms with E-state index in [4.69, 9.17) is 0 Å². The maximum Gasteiger partial charge on any atom is 0.344 e. The first-order chi connectivity index (χ1) is 12.0. The molecule has 2 N–H and O–H groups in total. The molecule has 0 radical (unpaired) electrons. The minimum absolute atomic E-state index is 0.195. The van der Waals surface area contributed by atoms with E-state index in [1.54, 1.807) is 24.3 Å². The van der Waals surface area contributed by atoms with Crippen molar-refractivity contribution in [1.29, 1.82) is 0 Å². The van der Waals surface area contributed by atoms with Crippen LogP contribution in [0, 0.1) is 11.6 Å². The van der Waals surface area contributed by atoms with E-state index >= 15 is 0 Å². The molecule has 2 rings (SSSR count). The summed E-state index contributed by atoms with van der Waals surface area (Å²) in [6.45, 7) is -0.661. The Hall–Kier alpha value is -3.29. The quantitative estimate of drug-likeness (QED) is 0.811. The van der Waals surface area contributed by atoms with Gasteiger partial charge in [0, 0.05) is 6.54 Å². The molecule has 2 aromatic carbocycles. The van der Waals surface area contributed by atoms with Gasteiger partial charge >= 0.3 is 12.0 Å². The van der Waals surface area contributed by atoms with Gasteiger partial charge in [0.15, 0.2) is 6.61 Å². The maximum absolute atomic E-state index is 13.4. The van der Waals surface area contributed by atoms with Crippen LogP contribution in [-0.2, 0) is 16.1 Å². The number of rotatable bonds is 5. The third-order valence-corrected chi connectivity index (χ3v) is 3.05. The van der Waals surface area contributed by atoms with E-state index in [9.17, 15) is 23.2 Å². The van der Waals surface area contributed by atoms with E-state index in [2.05, 4.69) is 10.1 Å². The van der Waals surface area contributed by atoms with Crippen LogP contribution < -0.4 is 10.6 Å². The number of imide groups is 1. The second kappa shape index (κ2) is 8.53. The summed E-state index contributed by atoms with van der Waals surface area (Å²) in [5.41, 5.74) is -0.0737. The lowest BCUT2D eigenvalue weighted by atomic mass is 10.2. The van der Waals surface area contributed by atoms with Crippen molar-refractivity contribution < 1.29 is 27.9 Å². The molecule has 8 heteroatoms. The molecule has 0 aliphatic carbocycles. The molecule has 0 fully saturated rings. The van der Waals surface area contributed by atoms with Crippen LogP contribution in [0.25, 0.3) is 0 Å². The number of amides is 3. The van der Waals surface area contributed by atoms with Crippen LogP contribution in [-0.4, -0.2) is 24.5 Å². The smallest absolute Gasteiger partial charge is 0.344 e. The Morgan fingerprint density at radius 2 is 1.56 bits per heavy atom. The number of hydrogen-bond acceptors (Lipinski definition) is 4. The highest BCUT2D eigenvalue weighted by Gasteiger charge is 2.20. The molecule has 0 unspecified atom stereocenters. The SMILES string of the molecule is O=C(COC(=O)c1c(F)cccc1F)NC(=O)NCc1ccccc1. The van der Waals surface area contributed by atoms with E-state index in [1.807, 2.05) is 11.4 Å². The molecule has 6 nitrogen and oxygen atoms in total. The first-order valence-electron chi connectivity index (χ1n) is 7.20. The molecule has 25 heavy (non-hydrogen) atoms. The van der Waals surface area contributed by atoms with Crippen molar-refractivity contribution >= 4 is 17.9 Å². The molecule has 0 saturated heterocycles. The molecule has 0 atom stereocenters. The van der Waals surface area contributed by atoms with Gasteiger partial charge in [0.25, 0.3) is 5.91 Å². The summed E-state index contributed by atoms with van der Waals surface area (Å²) < 4.78 is 31.3. The fourth-order valence-corrected chi connectivity index (χ4v) is 1.88. The van der Waals surface area contributed by atoms with Gasteiger partial charge in [0.2, 0.25) is 0 Å². The van der Waals surface area contributed by atoms with Crippen molar-refractivity contribution in [2.75, 3.05) is 6.61 Å². The van der Waals surface area contributed by atoms with Gasteiger partial charge in [-0.25, -0.2) is 18.4 Å². The molecular weight excluding hydrogens is 334 g/mol. The van der Waals surface area contributed by atoms with Crippen molar-refractivity contribution in [2.45, 2.75) is 6.54 Å². The number of hydrogen-bond donors (Lipinski definition) is 2. The third-order valence-electron chi connectivity index (χ3n) is 3.05. The summed E-state index contributed by atoms with van der Waals surface area (Å²) in [6, 6.07) is 11.0. The minimum Gasteiger partial charge on any atom is -0.452 e. The highest BCUT2D eigenvalue weighted by Crippen LogP contribution is 2.13. The Bertz CT molecular complexity index is 761. The zero-order chi connectivity index (χ0) is 18.2. The van der Waals surface area contributed by atoms with Crippen molar-refractivity contribution in [3.63, 3.8) is 0 Å². The predicted molar refractivity (Wildman–Crippen MR) is 83.5 cm³/mol. The van der Waals surface area contributed by atoms with Crippen molar-refractivity contribution in [3.05, 3.63) is 71.3 Å².